The summed E-state index contributed by atoms with van der Waals surface area (Å²) in [5.41, 5.74) is 1.94. The SMILES string of the molecule is N#Cc1c(NC(=O)c2ccccc2)sc2c1CCN(C(=O)OCCCN1CCOCC1)C2. The second kappa shape index (κ2) is 10.6. The van der Waals surface area contributed by atoms with Crippen LogP contribution in [-0.2, 0) is 22.4 Å². The number of thiophene rings is 1. The molecule has 1 aromatic carbocycles. The van der Waals surface area contributed by atoms with E-state index in [1.54, 1.807) is 29.2 Å². The van der Waals surface area contributed by atoms with Gasteiger partial charge in [0.15, 0.2) is 0 Å². The first-order chi connectivity index (χ1) is 15.7. The van der Waals surface area contributed by atoms with Crippen molar-refractivity contribution in [2.24, 2.45) is 0 Å². The van der Waals surface area contributed by atoms with E-state index >= 15 is 0 Å². The van der Waals surface area contributed by atoms with Gasteiger partial charge in [-0.3, -0.25) is 9.69 Å². The predicted octanol–water partition coefficient (Wildman–Crippen LogP) is 3.09. The first-order valence-electron chi connectivity index (χ1n) is 10.8. The molecule has 0 saturated carbocycles. The maximum absolute atomic E-state index is 12.5. The third-order valence-corrected chi connectivity index (χ3v) is 6.77. The van der Waals surface area contributed by atoms with Crippen LogP contribution < -0.4 is 5.32 Å². The number of hydrogen-bond donors (Lipinski definition) is 1. The van der Waals surface area contributed by atoms with Gasteiger partial charge in [0.25, 0.3) is 5.91 Å². The molecule has 2 aliphatic heterocycles. The minimum atomic E-state index is -0.334. The molecule has 168 valence electrons. The Morgan fingerprint density at radius 3 is 2.72 bits per heavy atom. The van der Waals surface area contributed by atoms with Crippen LogP contribution in [0, 0.1) is 11.3 Å². The molecule has 2 aromatic rings. The first kappa shape index (κ1) is 22.3. The van der Waals surface area contributed by atoms with Crippen molar-refractivity contribution in [3.8, 4) is 6.07 Å². The number of carbonyl (C=O) groups is 2. The molecule has 1 aromatic heterocycles. The fourth-order valence-corrected chi connectivity index (χ4v) is 5.10. The van der Waals surface area contributed by atoms with E-state index in [9.17, 15) is 14.9 Å². The van der Waals surface area contributed by atoms with Gasteiger partial charge >= 0.3 is 6.09 Å². The van der Waals surface area contributed by atoms with Gasteiger partial charge in [0.1, 0.15) is 11.1 Å². The minimum absolute atomic E-state index is 0.253. The van der Waals surface area contributed by atoms with E-state index in [1.807, 2.05) is 6.07 Å². The van der Waals surface area contributed by atoms with Crippen molar-refractivity contribution in [2.75, 3.05) is 51.3 Å². The molecule has 0 atom stereocenters. The average molecular weight is 455 g/mol. The zero-order valence-electron chi connectivity index (χ0n) is 17.8. The molecule has 2 aliphatic rings. The maximum Gasteiger partial charge on any atom is 0.410 e. The second-order valence-corrected chi connectivity index (χ2v) is 8.84. The first-order valence-corrected chi connectivity index (χ1v) is 11.6. The Kier molecular flexibility index (Phi) is 7.37. The summed E-state index contributed by atoms with van der Waals surface area (Å²) in [6.07, 6.45) is 1.02. The largest absolute Gasteiger partial charge is 0.449 e. The highest BCUT2D eigenvalue weighted by Gasteiger charge is 2.28. The van der Waals surface area contributed by atoms with E-state index in [-0.39, 0.29) is 12.0 Å². The summed E-state index contributed by atoms with van der Waals surface area (Å²) < 4.78 is 10.8. The van der Waals surface area contributed by atoms with Gasteiger partial charge in [0, 0.05) is 36.6 Å². The molecule has 0 unspecified atom stereocenters. The van der Waals surface area contributed by atoms with Gasteiger partial charge in [-0.15, -0.1) is 11.3 Å². The van der Waals surface area contributed by atoms with Gasteiger partial charge < -0.3 is 19.7 Å². The third kappa shape index (κ3) is 5.27. The molecule has 0 spiro atoms. The van der Waals surface area contributed by atoms with E-state index in [2.05, 4.69) is 16.3 Å². The van der Waals surface area contributed by atoms with Crippen LogP contribution in [0.25, 0.3) is 0 Å². The number of carbonyl (C=O) groups excluding carboxylic acids is 2. The lowest BCUT2D eigenvalue weighted by Gasteiger charge is -2.27. The predicted molar refractivity (Wildman–Crippen MR) is 121 cm³/mol. The molecular weight excluding hydrogens is 428 g/mol. The van der Waals surface area contributed by atoms with E-state index < -0.39 is 0 Å². The zero-order valence-corrected chi connectivity index (χ0v) is 18.7. The normalized spacial score (nSPS) is 16.2. The number of nitrogens with zero attached hydrogens (tertiary/aromatic N) is 3. The summed E-state index contributed by atoms with van der Waals surface area (Å²) >= 11 is 1.36. The molecule has 9 heteroatoms. The molecule has 32 heavy (non-hydrogen) atoms. The number of amides is 2. The smallest absolute Gasteiger partial charge is 0.410 e. The van der Waals surface area contributed by atoms with Crippen LogP contribution >= 0.6 is 11.3 Å². The summed E-state index contributed by atoms with van der Waals surface area (Å²) in [6.45, 7) is 5.51. The topological polar surface area (TPSA) is 94.9 Å². The molecule has 1 N–H and O–H groups in total. The number of fused-ring (bicyclic) bond motifs is 1. The average Bonchev–Trinajstić information content (AvgIpc) is 3.18. The van der Waals surface area contributed by atoms with Crippen LogP contribution in [0.2, 0.25) is 0 Å². The quantitative estimate of drug-likeness (QED) is 0.674. The highest BCUT2D eigenvalue weighted by Crippen LogP contribution is 2.37. The monoisotopic (exact) mass is 454 g/mol. The summed E-state index contributed by atoms with van der Waals surface area (Å²) in [5.74, 6) is -0.253. The molecule has 0 radical (unpaired) electrons. The van der Waals surface area contributed by atoms with E-state index in [0.717, 1.165) is 49.7 Å². The van der Waals surface area contributed by atoms with Crippen LogP contribution in [0.15, 0.2) is 30.3 Å². The van der Waals surface area contributed by atoms with Crippen molar-refractivity contribution < 1.29 is 19.1 Å². The van der Waals surface area contributed by atoms with E-state index in [1.165, 1.54) is 11.3 Å². The summed E-state index contributed by atoms with van der Waals surface area (Å²) in [6, 6.07) is 11.1. The zero-order chi connectivity index (χ0) is 22.3. The lowest BCUT2D eigenvalue weighted by Crippen LogP contribution is -2.38. The standard InChI is InChI=1S/C23H26N4O4S/c24-15-19-18-7-9-27(23(29)31-12-4-8-26-10-13-30-14-11-26)16-20(18)32-22(19)25-21(28)17-5-2-1-3-6-17/h1-3,5-6H,4,7-14,16H2,(H,25,28). The summed E-state index contributed by atoms with van der Waals surface area (Å²) in [5, 5.41) is 13.1. The summed E-state index contributed by atoms with van der Waals surface area (Å²) in [7, 11) is 0. The number of ether oxygens (including phenoxy) is 2. The Bertz CT molecular complexity index is 995. The van der Waals surface area contributed by atoms with Crippen LogP contribution in [0.1, 0.15) is 32.8 Å². The van der Waals surface area contributed by atoms with Gasteiger partial charge in [0.2, 0.25) is 0 Å². The van der Waals surface area contributed by atoms with Gasteiger partial charge in [-0.1, -0.05) is 18.2 Å². The van der Waals surface area contributed by atoms with Crippen molar-refractivity contribution in [3.05, 3.63) is 51.9 Å². The van der Waals surface area contributed by atoms with Crippen molar-refractivity contribution in [1.82, 2.24) is 9.80 Å². The lowest BCUT2D eigenvalue weighted by atomic mass is 10.0. The maximum atomic E-state index is 12.5. The second-order valence-electron chi connectivity index (χ2n) is 7.73. The molecule has 0 bridgehead atoms. The van der Waals surface area contributed by atoms with E-state index in [0.29, 0.717) is 42.2 Å². The fraction of sp³-hybridized carbons (Fsp3) is 0.435. The molecule has 2 amide bonds. The molecular formula is C23H26N4O4S. The van der Waals surface area contributed by atoms with Crippen LogP contribution in [-0.4, -0.2) is 67.8 Å². The fourth-order valence-electron chi connectivity index (χ4n) is 3.89. The molecule has 3 heterocycles. The van der Waals surface area contributed by atoms with Gasteiger partial charge in [-0.2, -0.15) is 5.26 Å². The van der Waals surface area contributed by atoms with Crippen molar-refractivity contribution in [3.63, 3.8) is 0 Å². The van der Waals surface area contributed by atoms with Gasteiger partial charge in [0.05, 0.1) is 31.9 Å². The van der Waals surface area contributed by atoms with E-state index in [4.69, 9.17) is 9.47 Å². The van der Waals surface area contributed by atoms with Gasteiger partial charge in [-0.05, 0) is 30.5 Å². The number of benzene rings is 1. The Balaban J connectivity index is 1.32. The van der Waals surface area contributed by atoms with Crippen LogP contribution in [0.4, 0.5) is 9.80 Å². The van der Waals surface area contributed by atoms with Crippen molar-refractivity contribution in [2.45, 2.75) is 19.4 Å². The molecule has 1 fully saturated rings. The number of nitrogens with one attached hydrogen (secondary N) is 1. The summed E-state index contributed by atoms with van der Waals surface area (Å²) in [4.78, 5) is 29.9. The molecule has 0 aliphatic carbocycles. The number of anilines is 1. The Labute approximate surface area is 191 Å². The number of nitriles is 1. The minimum Gasteiger partial charge on any atom is -0.449 e. The van der Waals surface area contributed by atoms with Crippen LogP contribution in [0.3, 0.4) is 0 Å². The van der Waals surface area contributed by atoms with Crippen LogP contribution in [0.5, 0.6) is 0 Å². The van der Waals surface area contributed by atoms with Crippen molar-refractivity contribution >= 4 is 28.3 Å². The van der Waals surface area contributed by atoms with Crippen molar-refractivity contribution in [1.29, 1.82) is 5.26 Å². The molecule has 4 rings (SSSR count). The number of hydrogen-bond acceptors (Lipinski definition) is 7. The lowest BCUT2D eigenvalue weighted by molar-refractivity contribution is 0.0331. The number of morpholine rings is 1. The van der Waals surface area contributed by atoms with Gasteiger partial charge in [-0.25, -0.2) is 4.79 Å². The third-order valence-electron chi connectivity index (χ3n) is 5.64. The molecule has 8 nitrogen and oxygen atoms in total. The Morgan fingerprint density at radius 2 is 1.97 bits per heavy atom. The highest BCUT2D eigenvalue weighted by atomic mass is 32.1. The molecule has 1 saturated heterocycles. The highest BCUT2D eigenvalue weighted by molar-refractivity contribution is 7.16. The number of rotatable bonds is 6. The Hall–Kier alpha value is -2.93. The Morgan fingerprint density at radius 1 is 1.19 bits per heavy atom.